The summed E-state index contributed by atoms with van der Waals surface area (Å²) in [5.74, 6) is 0.349. The van der Waals surface area contributed by atoms with Crippen LogP contribution in [0.25, 0.3) is 0 Å². The van der Waals surface area contributed by atoms with Gasteiger partial charge in [-0.15, -0.1) is 0 Å². The van der Waals surface area contributed by atoms with Crippen molar-refractivity contribution < 1.29 is 9.90 Å². The fourth-order valence-electron chi connectivity index (χ4n) is 2.53. The summed E-state index contributed by atoms with van der Waals surface area (Å²) >= 11 is 0. The van der Waals surface area contributed by atoms with Gasteiger partial charge in [0.05, 0.1) is 0 Å². The van der Waals surface area contributed by atoms with Crippen molar-refractivity contribution in [1.82, 2.24) is 4.98 Å². The fourth-order valence-corrected chi connectivity index (χ4v) is 2.53. The van der Waals surface area contributed by atoms with E-state index >= 15 is 0 Å². The number of hydrogen-bond donors (Lipinski definition) is 1. The van der Waals surface area contributed by atoms with E-state index in [0.29, 0.717) is 11.7 Å². The molecule has 0 aliphatic heterocycles. The molecule has 1 N–H and O–H groups in total. The van der Waals surface area contributed by atoms with Crippen LogP contribution in [0, 0.1) is 5.92 Å². The highest BCUT2D eigenvalue weighted by Gasteiger charge is 2.20. The molecule has 1 aliphatic carbocycles. The van der Waals surface area contributed by atoms with Crippen LogP contribution < -0.4 is 4.90 Å². The molecule has 1 aromatic heterocycles. The average Bonchev–Trinajstić information content (AvgIpc) is 2.81. The molecule has 1 saturated carbocycles. The Bertz CT molecular complexity index is 400. The summed E-state index contributed by atoms with van der Waals surface area (Å²) in [6, 6.07) is 3.27. The van der Waals surface area contributed by atoms with Crippen LogP contribution in [-0.4, -0.2) is 29.7 Å². The quantitative estimate of drug-likeness (QED) is 0.869. The van der Waals surface area contributed by atoms with Crippen LogP contribution in [0.15, 0.2) is 18.3 Å². The van der Waals surface area contributed by atoms with Gasteiger partial charge in [-0.2, -0.15) is 0 Å². The van der Waals surface area contributed by atoms with E-state index in [4.69, 9.17) is 5.11 Å². The number of aromatic nitrogens is 1. The van der Waals surface area contributed by atoms with Crippen molar-refractivity contribution in [3.63, 3.8) is 0 Å². The van der Waals surface area contributed by atoms with Gasteiger partial charge in [0, 0.05) is 19.8 Å². The molecule has 0 unspecified atom stereocenters. The van der Waals surface area contributed by atoms with Crippen LogP contribution >= 0.6 is 0 Å². The van der Waals surface area contributed by atoms with Crippen molar-refractivity contribution in [2.24, 2.45) is 5.92 Å². The second-order valence-corrected chi connectivity index (χ2v) is 4.71. The van der Waals surface area contributed by atoms with Crippen molar-refractivity contribution in [1.29, 1.82) is 0 Å². The van der Waals surface area contributed by atoms with Gasteiger partial charge in [-0.1, -0.05) is 12.8 Å². The van der Waals surface area contributed by atoms with E-state index in [-0.39, 0.29) is 5.56 Å². The van der Waals surface area contributed by atoms with Crippen molar-refractivity contribution in [3.05, 3.63) is 23.9 Å². The van der Waals surface area contributed by atoms with Gasteiger partial charge >= 0.3 is 5.97 Å². The Labute approximate surface area is 101 Å². The maximum Gasteiger partial charge on any atom is 0.339 e. The fraction of sp³-hybridized carbons (Fsp3) is 0.538. The van der Waals surface area contributed by atoms with E-state index in [2.05, 4.69) is 4.98 Å². The lowest BCUT2D eigenvalue weighted by atomic mass is 10.1. The molecule has 92 valence electrons. The molecular weight excluding hydrogens is 216 g/mol. The highest BCUT2D eigenvalue weighted by atomic mass is 16.4. The van der Waals surface area contributed by atoms with Gasteiger partial charge in [-0.05, 0) is 30.9 Å². The van der Waals surface area contributed by atoms with E-state index in [9.17, 15) is 4.79 Å². The Kier molecular flexibility index (Phi) is 3.61. The lowest BCUT2D eigenvalue weighted by Gasteiger charge is -2.23. The van der Waals surface area contributed by atoms with Crippen LogP contribution in [0.5, 0.6) is 0 Å². The van der Waals surface area contributed by atoms with Crippen LogP contribution in [0.1, 0.15) is 36.0 Å². The first-order valence-electron chi connectivity index (χ1n) is 6.08. The number of carboxylic acid groups (broad SMARTS) is 1. The maximum absolute atomic E-state index is 11.1. The van der Waals surface area contributed by atoms with Crippen molar-refractivity contribution in [2.45, 2.75) is 25.7 Å². The normalized spacial score (nSPS) is 16.1. The summed E-state index contributed by atoms with van der Waals surface area (Å²) in [5, 5.41) is 9.11. The molecule has 0 bridgehead atoms. The second-order valence-electron chi connectivity index (χ2n) is 4.71. The number of nitrogens with zero attached hydrogens (tertiary/aromatic N) is 2. The first-order chi connectivity index (χ1) is 8.18. The van der Waals surface area contributed by atoms with E-state index in [0.717, 1.165) is 6.54 Å². The van der Waals surface area contributed by atoms with Crippen LogP contribution in [0.3, 0.4) is 0 Å². The highest BCUT2D eigenvalue weighted by Crippen LogP contribution is 2.27. The van der Waals surface area contributed by atoms with Gasteiger partial charge in [0.15, 0.2) is 0 Å². The zero-order chi connectivity index (χ0) is 12.3. The minimum Gasteiger partial charge on any atom is -0.478 e. The number of pyridine rings is 1. The molecule has 2 rings (SSSR count). The molecule has 1 heterocycles. The minimum absolute atomic E-state index is 0.285. The third-order valence-corrected chi connectivity index (χ3v) is 3.39. The second kappa shape index (κ2) is 5.17. The number of carboxylic acids is 1. The van der Waals surface area contributed by atoms with E-state index in [1.54, 1.807) is 18.3 Å². The molecule has 0 spiro atoms. The first kappa shape index (κ1) is 11.9. The standard InChI is InChI=1S/C13H18N2O2/c1-15(9-10-5-2-3-6-10)12-11(13(16)17)7-4-8-14-12/h4,7-8,10H,2-3,5-6,9H2,1H3,(H,16,17). The highest BCUT2D eigenvalue weighted by molar-refractivity contribution is 5.93. The Morgan fingerprint density at radius 2 is 2.24 bits per heavy atom. The molecule has 0 radical (unpaired) electrons. The van der Waals surface area contributed by atoms with Gasteiger partial charge < -0.3 is 10.0 Å². The van der Waals surface area contributed by atoms with Crippen molar-refractivity contribution in [2.75, 3.05) is 18.5 Å². The molecule has 0 atom stereocenters. The largest absolute Gasteiger partial charge is 0.478 e. The third-order valence-electron chi connectivity index (χ3n) is 3.39. The number of aromatic carboxylic acids is 1. The SMILES string of the molecule is CN(CC1CCCC1)c1ncccc1C(=O)O. The zero-order valence-corrected chi connectivity index (χ0v) is 10.1. The molecule has 17 heavy (non-hydrogen) atoms. The third kappa shape index (κ3) is 2.75. The summed E-state index contributed by atoms with van der Waals surface area (Å²) in [5.41, 5.74) is 0.285. The molecule has 4 nitrogen and oxygen atoms in total. The summed E-state index contributed by atoms with van der Waals surface area (Å²) in [6.45, 7) is 0.900. The summed E-state index contributed by atoms with van der Waals surface area (Å²) in [7, 11) is 1.92. The Morgan fingerprint density at radius 1 is 1.53 bits per heavy atom. The summed E-state index contributed by atoms with van der Waals surface area (Å²) < 4.78 is 0. The molecule has 1 aromatic rings. The smallest absolute Gasteiger partial charge is 0.339 e. The van der Waals surface area contributed by atoms with Gasteiger partial charge in [-0.25, -0.2) is 9.78 Å². The predicted octanol–water partition coefficient (Wildman–Crippen LogP) is 2.41. The molecular formula is C13H18N2O2. The van der Waals surface area contributed by atoms with Crippen LogP contribution in [0.2, 0.25) is 0 Å². The van der Waals surface area contributed by atoms with Gasteiger partial charge in [0.25, 0.3) is 0 Å². The molecule has 4 heteroatoms. The van der Waals surface area contributed by atoms with E-state index in [1.165, 1.54) is 25.7 Å². The topological polar surface area (TPSA) is 53.4 Å². The molecule has 1 aliphatic rings. The van der Waals surface area contributed by atoms with E-state index in [1.807, 2.05) is 11.9 Å². The van der Waals surface area contributed by atoms with Crippen LogP contribution in [0.4, 0.5) is 5.82 Å². The first-order valence-corrected chi connectivity index (χ1v) is 6.08. The monoisotopic (exact) mass is 234 g/mol. The molecule has 1 fully saturated rings. The number of anilines is 1. The molecule has 0 saturated heterocycles. The number of hydrogen-bond acceptors (Lipinski definition) is 3. The van der Waals surface area contributed by atoms with Gasteiger partial charge in [0.1, 0.15) is 11.4 Å². The molecule has 0 aromatic carbocycles. The number of rotatable bonds is 4. The lowest BCUT2D eigenvalue weighted by Crippen LogP contribution is -2.26. The van der Waals surface area contributed by atoms with Gasteiger partial charge in [0.2, 0.25) is 0 Å². The number of carbonyl (C=O) groups is 1. The van der Waals surface area contributed by atoms with Crippen molar-refractivity contribution in [3.8, 4) is 0 Å². The summed E-state index contributed by atoms with van der Waals surface area (Å²) in [4.78, 5) is 17.3. The molecule has 0 amide bonds. The lowest BCUT2D eigenvalue weighted by molar-refractivity contribution is 0.0697. The Balaban J connectivity index is 2.12. The van der Waals surface area contributed by atoms with E-state index < -0.39 is 5.97 Å². The Morgan fingerprint density at radius 3 is 2.88 bits per heavy atom. The minimum atomic E-state index is -0.911. The Hall–Kier alpha value is -1.58. The van der Waals surface area contributed by atoms with Gasteiger partial charge in [-0.3, -0.25) is 0 Å². The predicted molar refractivity (Wildman–Crippen MR) is 66.4 cm³/mol. The maximum atomic E-state index is 11.1. The van der Waals surface area contributed by atoms with Crippen LogP contribution in [-0.2, 0) is 0 Å². The zero-order valence-electron chi connectivity index (χ0n) is 10.1. The van der Waals surface area contributed by atoms with Crippen molar-refractivity contribution >= 4 is 11.8 Å². The summed E-state index contributed by atoms with van der Waals surface area (Å²) in [6.07, 6.45) is 6.74. The average molecular weight is 234 g/mol.